The van der Waals surface area contributed by atoms with Crippen molar-refractivity contribution in [3.63, 3.8) is 0 Å². The van der Waals surface area contributed by atoms with E-state index in [0.29, 0.717) is 12.5 Å². The van der Waals surface area contributed by atoms with Crippen molar-refractivity contribution in [3.05, 3.63) is 35.1 Å². The van der Waals surface area contributed by atoms with Gasteiger partial charge in [0.25, 0.3) is 0 Å². The summed E-state index contributed by atoms with van der Waals surface area (Å²) in [5.41, 5.74) is -1.17. The Kier molecular flexibility index (Phi) is 5.08. The maximum Gasteiger partial charge on any atom is 0.416 e. The number of hydrogen-bond acceptors (Lipinski definition) is 1. The first kappa shape index (κ1) is 19.5. The van der Waals surface area contributed by atoms with Crippen molar-refractivity contribution in [2.45, 2.75) is 52.3 Å². The highest BCUT2D eigenvalue weighted by Gasteiger charge is 2.45. The van der Waals surface area contributed by atoms with E-state index in [0.717, 1.165) is 6.07 Å². The van der Waals surface area contributed by atoms with E-state index in [1.807, 2.05) is 27.7 Å². The number of hydrogen-bond donors (Lipinski definition) is 1. The molecule has 0 aromatic heterocycles. The molecule has 3 unspecified atom stereocenters. The summed E-state index contributed by atoms with van der Waals surface area (Å²) in [6, 6.07) is 2.25. The molecule has 0 saturated carbocycles. The SMILES string of the molecule is CC1C(c2ccc(C(F)(F)F)cc2F)CCN(C(=O)O)C1C(C)(C)C. The zero-order chi connectivity index (χ0) is 19.2. The molecule has 3 nitrogen and oxygen atoms in total. The van der Waals surface area contributed by atoms with E-state index in [-0.39, 0.29) is 35.4 Å². The van der Waals surface area contributed by atoms with Crippen LogP contribution in [-0.2, 0) is 6.18 Å². The maximum absolute atomic E-state index is 14.4. The number of piperidine rings is 1. The highest BCUT2D eigenvalue weighted by molar-refractivity contribution is 5.66. The molecule has 1 aliphatic heterocycles. The molecule has 1 aromatic carbocycles. The van der Waals surface area contributed by atoms with Crippen molar-refractivity contribution in [3.8, 4) is 0 Å². The molecule has 1 amide bonds. The van der Waals surface area contributed by atoms with Gasteiger partial charge in [0, 0.05) is 12.6 Å². The number of amides is 1. The normalized spacial score (nSPS) is 25.1. The molecule has 0 spiro atoms. The largest absolute Gasteiger partial charge is 0.465 e. The van der Waals surface area contributed by atoms with Crippen molar-refractivity contribution >= 4 is 6.09 Å². The molecule has 1 saturated heterocycles. The van der Waals surface area contributed by atoms with E-state index in [4.69, 9.17) is 0 Å². The summed E-state index contributed by atoms with van der Waals surface area (Å²) >= 11 is 0. The van der Waals surface area contributed by atoms with Crippen LogP contribution in [0.25, 0.3) is 0 Å². The molecule has 1 N–H and O–H groups in total. The van der Waals surface area contributed by atoms with Gasteiger partial charge in [0.15, 0.2) is 0 Å². The van der Waals surface area contributed by atoms with Crippen LogP contribution in [0.15, 0.2) is 18.2 Å². The number of carboxylic acid groups (broad SMARTS) is 1. The van der Waals surface area contributed by atoms with Gasteiger partial charge in [0.1, 0.15) is 5.82 Å². The van der Waals surface area contributed by atoms with E-state index < -0.39 is 23.7 Å². The first-order chi connectivity index (χ1) is 11.3. The van der Waals surface area contributed by atoms with Crippen molar-refractivity contribution < 1.29 is 27.5 Å². The molecule has 1 heterocycles. The van der Waals surface area contributed by atoms with Gasteiger partial charge in [-0.1, -0.05) is 33.8 Å². The maximum atomic E-state index is 14.4. The second kappa shape index (κ2) is 6.50. The molecule has 0 bridgehead atoms. The van der Waals surface area contributed by atoms with E-state index in [2.05, 4.69) is 0 Å². The van der Waals surface area contributed by atoms with Gasteiger partial charge in [0.2, 0.25) is 0 Å². The number of halogens is 4. The Hall–Kier alpha value is -1.79. The minimum Gasteiger partial charge on any atom is -0.465 e. The molecule has 0 aliphatic carbocycles. The number of benzene rings is 1. The number of likely N-dealkylation sites (tertiary alicyclic amines) is 1. The Labute approximate surface area is 144 Å². The molecular formula is C18H23F4NO2. The topological polar surface area (TPSA) is 40.5 Å². The van der Waals surface area contributed by atoms with Gasteiger partial charge in [-0.05, 0) is 41.4 Å². The smallest absolute Gasteiger partial charge is 0.416 e. The summed E-state index contributed by atoms with van der Waals surface area (Å²) in [6.45, 7) is 7.81. The fourth-order valence-electron chi connectivity index (χ4n) is 4.10. The quantitative estimate of drug-likeness (QED) is 0.684. The first-order valence-corrected chi connectivity index (χ1v) is 8.20. The van der Waals surface area contributed by atoms with Crippen LogP contribution < -0.4 is 0 Å². The van der Waals surface area contributed by atoms with Crippen LogP contribution in [0.1, 0.15) is 51.2 Å². The van der Waals surface area contributed by atoms with Crippen LogP contribution in [0, 0.1) is 17.2 Å². The van der Waals surface area contributed by atoms with Crippen LogP contribution in [0.3, 0.4) is 0 Å². The van der Waals surface area contributed by atoms with Crippen LogP contribution in [0.2, 0.25) is 0 Å². The minimum atomic E-state index is -4.59. The van der Waals surface area contributed by atoms with Gasteiger partial charge in [-0.3, -0.25) is 0 Å². The van der Waals surface area contributed by atoms with Gasteiger partial charge in [-0.25, -0.2) is 9.18 Å². The van der Waals surface area contributed by atoms with Gasteiger partial charge in [-0.15, -0.1) is 0 Å². The Bertz CT molecular complexity index is 651. The average molecular weight is 361 g/mol. The van der Waals surface area contributed by atoms with E-state index in [9.17, 15) is 27.5 Å². The molecule has 7 heteroatoms. The molecule has 3 atom stereocenters. The van der Waals surface area contributed by atoms with Crippen LogP contribution in [0.5, 0.6) is 0 Å². The third kappa shape index (κ3) is 3.90. The van der Waals surface area contributed by atoms with Crippen LogP contribution in [0.4, 0.5) is 22.4 Å². The average Bonchev–Trinajstić information content (AvgIpc) is 2.44. The zero-order valence-electron chi connectivity index (χ0n) is 14.7. The lowest BCUT2D eigenvalue weighted by Crippen LogP contribution is -2.55. The Morgan fingerprint density at radius 2 is 1.84 bits per heavy atom. The predicted molar refractivity (Wildman–Crippen MR) is 85.9 cm³/mol. The molecule has 1 aromatic rings. The third-order valence-electron chi connectivity index (χ3n) is 5.01. The Morgan fingerprint density at radius 1 is 1.24 bits per heavy atom. The molecular weight excluding hydrogens is 338 g/mol. The fourth-order valence-corrected chi connectivity index (χ4v) is 4.10. The first-order valence-electron chi connectivity index (χ1n) is 8.20. The second-order valence-corrected chi connectivity index (χ2v) is 7.78. The molecule has 1 aliphatic rings. The number of carbonyl (C=O) groups is 1. The Morgan fingerprint density at radius 3 is 2.28 bits per heavy atom. The third-order valence-corrected chi connectivity index (χ3v) is 5.01. The predicted octanol–water partition coefficient (Wildman–Crippen LogP) is 5.36. The van der Waals surface area contributed by atoms with Gasteiger partial charge in [0.05, 0.1) is 5.56 Å². The summed E-state index contributed by atoms with van der Waals surface area (Å²) in [6.07, 6.45) is -5.24. The molecule has 140 valence electrons. The lowest BCUT2D eigenvalue weighted by Gasteiger charge is -2.49. The summed E-state index contributed by atoms with van der Waals surface area (Å²) in [4.78, 5) is 12.9. The molecule has 1 fully saturated rings. The van der Waals surface area contributed by atoms with Crippen molar-refractivity contribution in [1.82, 2.24) is 4.90 Å². The number of alkyl halides is 3. The number of nitrogens with zero attached hydrogens (tertiary/aromatic N) is 1. The standard InChI is InChI=1S/C18H23F4NO2/c1-10-12(7-8-23(16(24)25)15(10)17(2,3)4)13-6-5-11(9-14(13)19)18(20,21)22/h5-6,9-10,12,15H,7-8H2,1-4H3,(H,24,25). The van der Waals surface area contributed by atoms with Gasteiger partial charge < -0.3 is 10.0 Å². The summed E-state index contributed by atoms with van der Waals surface area (Å²) in [7, 11) is 0. The zero-order valence-corrected chi connectivity index (χ0v) is 14.7. The highest BCUT2D eigenvalue weighted by Crippen LogP contribution is 2.44. The second-order valence-electron chi connectivity index (χ2n) is 7.78. The highest BCUT2D eigenvalue weighted by atomic mass is 19.4. The molecule has 2 rings (SSSR count). The molecule has 0 radical (unpaired) electrons. The summed E-state index contributed by atoms with van der Waals surface area (Å²) in [5, 5.41) is 9.45. The lowest BCUT2D eigenvalue weighted by molar-refractivity contribution is -0.137. The summed E-state index contributed by atoms with van der Waals surface area (Å²) < 4.78 is 52.6. The van der Waals surface area contributed by atoms with Crippen LogP contribution >= 0.6 is 0 Å². The number of rotatable bonds is 1. The fraction of sp³-hybridized carbons (Fsp3) is 0.611. The van der Waals surface area contributed by atoms with Crippen LogP contribution in [-0.4, -0.2) is 28.7 Å². The summed E-state index contributed by atoms with van der Waals surface area (Å²) in [5.74, 6) is -1.44. The van der Waals surface area contributed by atoms with Crippen molar-refractivity contribution in [2.75, 3.05) is 6.54 Å². The van der Waals surface area contributed by atoms with E-state index in [1.165, 1.54) is 11.0 Å². The monoisotopic (exact) mass is 361 g/mol. The van der Waals surface area contributed by atoms with Crippen molar-refractivity contribution in [1.29, 1.82) is 0 Å². The Balaban J connectivity index is 2.39. The minimum absolute atomic E-state index is 0.222. The van der Waals surface area contributed by atoms with Crippen molar-refractivity contribution in [2.24, 2.45) is 11.3 Å². The van der Waals surface area contributed by atoms with E-state index in [1.54, 1.807) is 0 Å². The van der Waals surface area contributed by atoms with Gasteiger partial charge >= 0.3 is 12.3 Å². The van der Waals surface area contributed by atoms with E-state index >= 15 is 0 Å². The lowest BCUT2D eigenvalue weighted by atomic mass is 9.68. The molecule has 25 heavy (non-hydrogen) atoms. The van der Waals surface area contributed by atoms with Gasteiger partial charge in [-0.2, -0.15) is 13.2 Å².